The van der Waals surface area contributed by atoms with Crippen LogP contribution in [0.25, 0.3) is 0 Å². The van der Waals surface area contributed by atoms with Crippen molar-refractivity contribution in [3.05, 3.63) is 0 Å². The monoisotopic (exact) mass is 258 g/mol. The number of esters is 1. The third kappa shape index (κ3) is 4.90. The highest BCUT2D eigenvalue weighted by molar-refractivity contribution is 9.12. The van der Waals surface area contributed by atoms with Crippen LogP contribution in [0.15, 0.2) is 0 Å². The molecule has 0 aliphatic carbocycles. The highest BCUT2D eigenvalue weighted by Crippen LogP contribution is 2.08. The number of hydrogen-bond donors (Lipinski definition) is 0. The molecular weight excluding hydrogens is 252 g/mol. The van der Waals surface area contributed by atoms with Crippen molar-refractivity contribution >= 4 is 37.8 Å². The van der Waals surface area contributed by atoms with Gasteiger partial charge in [-0.25, -0.2) is 0 Å². The molecule has 0 fully saturated rings. The van der Waals surface area contributed by atoms with Crippen molar-refractivity contribution < 1.29 is 9.53 Å². The molecule has 0 saturated heterocycles. The van der Waals surface area contributed by atoms with Gasteiger partial charge in [0.25, 0.3) is 0 Å². The summed E-state index contributed by atoms with van der Waals surface area (Å²) in [4.78, 5) is 10.7. The Bertz CT molecular complexity index is 95.0. The van der Waals surface area contributed by atoms with Gasteiger partial charge in [-0.1, -0.05) is 31.9 Å². The molecule has 0 rings (SSSR count). The number of carbonyl (C=O) groups excluding carboxylic acids is 1. The summed E-state index contributed by atoms with van der Waals surface area (Å²) in [5, 5.41) is 0.766. The molecule has 1 atom stereocenters. The van der Waals surface area contributed by atoms with E-state index in [1.165, 1.54) is 7.11 Å². The summed E-state index contributed by atoms with van der Waals surface area (Å²) in [6.45, 7) is 0. The lowest BCUT2D eigenvalue weighted by Gasteiger charge is -2.01. The van der Waals surface area contributed by atoms with Crippen LogP contribution in [-0.2, 0) is 9.53 Å². The fourth-order valence-electron chi connectivity index (χ4n) is 0.319. The third-order valence-electron chi connectivity index (χ3n) is 0.783. The molecule has 0 aromatic carbocycles. The summed E-state index contributed by atoms with van der Waals surface area (Å²) < 4.78 is 4.43. The number of halogens is 2. The molecule has 4 heteroatoms. The highest BCUT2D eigenvalue weighted by atomic mass is 79.9. The lowest BCUT2D eigenvalue weighted by molar-refractivity contribution is -0.140. The zero-order valence-electron chi connectivity index (χ0n) is 5.06. The summed E-state index contributed by atoms with van der Waals surface area (Å²) in [6.07, 6.45) is 0.418. The maximum absolute atomic E-state index is 10.5. The first-order valence-electron chi connectivity index (χ1n) is 2.47. The van der Waals surface area contributed by atoms with E-state index in [1.807, 2.05) is 0 Å². The molecule has 1 unspecified atom stereocenters. The molecule has 2 nitrogen and oxygen atoms in total. The third-order valence-corrected chi connectivity index (χ3v) is 3.08. The smallest absolute Gasteiger partial charge is 0.306 e. The Hall–Kier alpha value is 0.430. The summed E-state index contributed by atoms with van der Waals surface area (Å²) in [5.74, 6) is -0.184. The molecule has 0 amide bonds. The Morgan fingerprint density at radius 3 is 2.67 bits per heavy atom. The molecular formula is C5H8Br2O2. The van der Waals surface area contributed by atoms with E-state index in [0.717, 1.165) is 5.33 Å². The first-order valence-corrected chi connectivity index (χ1v) is 4.51. The van der Waals surface area contributed by atoms with Crippen LogP contribution in [0.4, 0.5) is 0 Å². The van der Waals surface area contributed by atoms with E-state index in [9.17, 15) is 4.79 Å². The maximum Gasteiger partial charge on any atom is 0.306 e. The van der Waals surface area contributed by atoms with Crippen LogP contribution < -0.4 is 0 Å². The Labute approximate surface area is 71.2 Å². The van der Waals surface area contributed by atoms with Crippen LogP contribution in [0, 0.1) is 0 Å². The predicted molar refractivity (Wildman–Crippen MR) is 43.1 cm³/mol. The number of hydrogen-bond acceptors (Lipinski definition) is 2. The topological polar surface area (TPSA) is 26.3 Å². The van der Waals surface area contributed by atoms with E-state index in [0.29, 0.717) is 6.42 Å². The Kier molecular flexibility index (Phi) is 5.48. The second-order valence-corrected chi connectivity index (χ2v) is 3.47. The Balaban J connectivity index is 3.34. The fraction of sp³-hybridized carbons (Fsp3) is 0.800. The van der Waals surface area contributed by atoms with Gasteiger partial charge in [-0.2, -0.15) is 0 Å². The highest BCUT2D eigenvalue weighted by Gasteiger charge is 2.07. The normalized spacial score (nSPS) is 12.8. The molecule has 0 N–H and O–H groups in total. The van der Waals surface area contributed by atoms with E-state index >= 15 is 0 Å². The lowest BCUT2D eigenvalue weighted by Crippen LogP contribution is -2.09. The minimum atomic E-state index is -0.184. The van der Waals surface area contributed by atoms with Crippen LogP contribution in [0.3, 0.4) is 0 Å². The average Bonchev–Trinajstić information content (AvgIpc) is 1.87. The summed E-state index contributed by atoms with van der Waals surface area (Å²) in [6, 6.07) is 0. The van der Waals surface area contributed by atoms with E-state index in [-0.39, 0.29) is 10.8 Å². The SMILES string of the molecule is COC(=O)CC(Br)CBr. The van der Waals surface area contributed by atoms with Gasteiger partial charge >= 0.3 is 5.97 Å². The van der Waals surface area contributed by atoms with E-state index in [2.05, 4.69) is 36.6 Å². The van der Waals surface area contributed by atoms with Crippen molar-refractivity contribution in [1.82, 2.24) is 0 Å². The number of rotatable bonds is 3. The van der Waals surface area contributed by atoms with Gasteiger partial charge in [0.05, 0.1) is 13.5 Å². The van der Waals surface area contributed by atoms with Crippen molar-refractivity contribution in [2.45, 2.75) is 11.2 Å². The standard InChI is InChI=1S/C5H8Br2O2/c1-9-5(8)2-4(7)3-6/h4H,2-3H2,1H3. The maximum atomic E-state index is 10.5. The summed E-state index contributed by atoms with van der Waals surface area (Å²) >= 11 is 6.49. The van der Waals surface area contributed by atoms with Crippen molar-refractivity contribution in [3.63, 3.8) is 0 Å². The van der Waals surface area contributed by atoms with Gasteiger partial charge in [0, 0.05) is 10.2 Å². The largest absolute Gasteiger partial charge is 0.469 e. The van der Waals surface area contributed by atoms with Crippen LogP contribution in [0.5, 0.6) is 0 Å². The number of alkyl halides is 2. The number of ether oxygens (including phenoxy) is 1. The average molecular weight is 260 g/mol. The first-order chi connectivity index (χ1) is 4.20. The van der Waals surface area contributed by atoms with Gasteiger partial charge in [0.15, 0.2) is 0 Å². The van der Waals surface area contributed by atoms with Crippen LogP contribution in [0.1, 0.15) is 6.42 Å². The van der Waals surface area contributed by atoms with Crippen molar-refractivity contribution in [2.24, 2.45) is 0 Å². The molecule has 0 aromatic rings. The fourth-order valence-corrected chi connectivity index (χ4v) is 0.812. The van der Waals surface area contributed by atoms with Crippen molar-refractivity contribution in [1.29, 1.82) is 0 Å². The molecule has 0 heterocycles. The van der Waals surface area contributed by atoms with Gasteiger partial charge in [-0.05, 0) is 0 Å². The van der Waals surface area contributed by atoms with Crippen molar-refractivity contribution in [3.8, 4) is 0 Å². The second-order valence-electron chi connectivity index (χ2n) is 1.53. The molecule has 0 aliphatic rings. The van der Waals surface area contributed by atoms with Gasteiger partial charge in [-0.3, -0.25) is 4.79 Å². The van der Waals surface area contributed by atoms with Crippen LogP contribution in [-0.4, -0.2) is 23.2 Å². The summed E-state index contributed by atoms with van der Waals surface area (Å²) in [7, 11) is 1.39. The van der Waals surface area contributed by atoms with Gasteiger partial charge in [-0.15, -0.1) is 0 Å². The number of methoxy groups -OCH3 is 1. The molecule has 54 valence electrons. The Morgan fingerprint density at radius 2 is 2.33 bits per heavy atom. The van der Waals surface area contributed by atoms with Crippen molar-refractivity contribution in [2.75, 3.05) is 12.4 Å². The van der Waals surface area contributed by atoms with E-state index < -0.39 is 0 Å². The number of carbonyl (C=O) groups is 1. The Morgan fingerprint density at radius 1 is 1.78 bits per heavy atom. The molecule has 0 saturated carbocycles. The molecule has 0 radical (unpaired) electrons. The van der Waals surface area contributed by atoms with Gasteiger partial charge in [0.2, 0.25) is 0 Å². The van der Waals surface area contributed by atoms with Crippen LogP contribution in [0.2, 0.25) is 0 Å². The molecule has 9 heavy (non-hydrogen) atoms. The zero-order chi connectivity index (χ0) is 7.28. The zero-order valence-corrected chi connectivity index (χ0v) is 8.24. The lowest BCUT2D eigenvalue weighted by atomic mass is 10.3. The first kappa shape index (κ1) is 9.43. The van der Waals surface area contributed by atoms with Gasteiger partial charge < -0.3 is 4.74 Å². The van der Waals surface area contributed by atoms with E-state index in [1.54, 1.807) is 0 Å². The molecule has 0 aliphatic heterocycles. The van der Waals surface area contributed by atoms with E-state index in [4.69, 9.17) is 0 Å². The quantitative estimate of drug-likeness (QED) is 0.570. The summed E-state index contributed by atoms with van der Waals surface area (Å²) in [5.41, 5.74) is 0. The van der Waals surface area contributed by atoms with Gasteiger partial charge in [0.1, 0.15) is 0 Å². The minimum absolute atomic E-state index is 0.184. The second kappa shape index (κ2) is 5.23. The van der Waals surface area contributed by atoms with Crippen LogP contribution >= 0.6 is 31.9 Å². The molecule has 0 aromatic heterocycles. The predicted octanol–water partition coefficient (Wildman–Crippen LogP) is 1.71. The molecule has 0 bridgehead atoms. The minimum Gasteiger partial charge on any atom is -0.469 e. The molecule has 0 spiro atoms.